The molecule has 3 aromatic rings. The number of nitrogens with zero attached hydrogens (tertiary/aromatic N) is 2. The van der Waals surface area contributed by atoms with Gasteiger partial charge in [0.2, 0.25) is 5.88 Å². The van der Waals surface area contributed by atoms with Crippen molar-refractivity contribution in [3.8, 4) is 11.8 Å². The number of rotatable bonds is 4. The highest BCUT2D eigenvalue weighted by Crippen LogP contribution is 2.38. The van der Waals surface area contributed by atoms with E-state index in [-0.39, 0.29) is 17.9 Å². The van der Waals surface area contributed by atoms with Crippen LogP contribution in [-0.4, -0.2) is 35.4 Å². The SMILES string of the molecule is O=C(O)Oc1cc2c(Br)c(N3CCC(Oc4ccc(C(F)(F)F)cn4)CC3)ccc2o1. The van der Waals surface area contributed by atoms with Crippen LogP contribution < -0.4 is 14.4 Å². The van der Waals surface area contributed by atoms with Crippen molar-refractivity contribution in [2.75, 3.05) is 18.0 Å². The number of halogens is 4. The molecule has 2 aromatic heterocycles. The quantitative estimate of drug-likeness (QED) is 0.459. The lowest BCUT2D eigenvalue weighted by Crippen LogP contribution is -2.38. The van der Waals surface area contributed by atoms with Crippen molar-refractivity contribution in [2.24, 2.45) is 0 Å². The molecule has 164 valence electrons. The summed E-state index contributed by atoms with van der Waals surface area (Å²) in [5, 5.41) is 9.41. The van der Waals surface area contributed by atoms with Crippen LogP contribution in [0, 0.1) is 0 Å². The smallest absolute Gasteiger partial charge is 0.474 e. The Bertz CT molecular complexity index is 1090. The fourth-order valence-electron chi connectivity index (χ4n) is 3.43. The van der Waals surface area contributed by atoms with Gasteiger partial charge in [-0.3, -0.25) is 0 Å². The van der Waals surface area contributed by atoms with Crippen LogP contribution >= 0.6 is 15.9 Å². The van der Waals surface area contributed by atoms with Crippen LogP contribution in [0.3, 0.4) is 0 Å². The number of fused-ring (bicyclic) bond motifs is 1. The summed E-state index contributed by atoms with van der Waals surface area (Å²) in [5.74, 6) is 0.0508. The van der Waals surface area contributed by atoms with E-state index in [2.05, 4.69) is 30.6 Å². The van der Waals surface area contributed by atoms with E-state index in [0.29, 0.717) is 36.9 Å². The lowest BCUT2D eigenvalue weighted by atomic mass is 10.1. The minimum Gasteiger partial charge on any atom is -0.474 e. The highest BCUT2D eigenvalue weighted by Gasteiger charge is 2.31. The first kappa shape index (κ1) is 21.3. The second-order valence-corrected chi connectivity index (χ2v) is 7.72. The van der Waals surface area contributed by atoms with Gasteiger partial charge in [0.1, 0.15) is 11.7 Å². The number of hydrogen-bond donors (Lipinski definition) is 1. The molecule has 0 atom stereocenters. The number of anilines is 1. The molecule has 1 fully saturated rings. The zero-order valence-corrected chi connectivity index (χ0v) is 17.4. The molecule has 1 aliphatic heterocycles. The molecular formula is C20H16BrF3N2O5. The predicted octanol–water partition coefficient (Wildman–Crippen LogP) is 5.71. The highest BCUT2D eigenvalue weighted by molar-refractivity contribution is 9.10. The predicted molar refractivity (Wildman–Crippen MR) is 108 cm³/mol. The molecule has 3 heterocycles. The van der Waals surface area contributed by atoms with Gasteiger partial charge in [0.05, 0.1) is 15.7 Å². The van der Waals surface area contributed by atoms with Crippen molar-refractivity contribution in [3.05, 3.63) is 46.6 Å². The second-order valence-electron chi connectivity index (χ2n) is 6.93. The Labute approximate surface area is 182 Å². The summed E-state index contributed by atoms with van der Waals surface area (Å²) in [6.45, 7) is 1.32. The maximum atomic E-state index is 12.6. The number of pyridine rings is 1. The topological polar surface area (TPSA) is 85.0 Å². The number of alkyl halides is 3. The molecule has 4 rings (SSSR count). The van der Waals surface area contributed by atoms with Crippen LogP contribution in [0.1, 0.15) is 18.4 Å². The van der Waals surface area contributed by atoms with Crippen LogP contribution in [-0.2, 0) is 6.18 Å². The fraction of sp³-hybridized carbons (Fsp3) is 0.300. The van der Waals surface area contributed by atoms with E-state index in [1.807, 2.05) is 6.07 Å². The molecule has 0 saturated carbocycles. The van der Waals surface area contributed by atoms with Gasteiger partial charge >= 0.3 is 12.3 Å². The van der Waals surface area contributed by atoms with Gasteiger partial charge in [0, 0.05) is 49.6 Å². The molecule has 1 aliphatic rings. The first-order valence-corrected chi connectivity index (χ1v) is 10.1. The van der Waals surface area contributed by atoms with Gasteiger partial charge in [-0.25, -0.2) is 9.78 Å². The molecule has 0 radical (unpaired) electrons. The number of furan rings is 1. The van der Waals surface area contributed by atoms with E-state index in [1.165, 1.54) is 12.1 Å². The number of carbonyl (C=O) groups is 1. The van der Waals surface area contributed by atoms with Crippen molar-refractivity contribution in [3.63, 3.8) is 0 Å². The average Bonchev–Trinajstić information content (AvgIpc) is 3.11. The van der Waals surface area contributed by atoms with E-state index >= 15 is 0 Å². The first-order valence-electron chi connectivity index (χ1n) is 9.28. The number of piperidine rings is 1. The maximum Gasteiger partial charge on any atom is 0.513 e. The van der Waals surface area contributed by atoms with Crippen LogP contribution in [0.15, 0.2) is 45.4 Å². The molecule has 1 N–H and O–H groups in total. The molecule has 1 saturated heterocycles. The third kappa shape index (κ3) is 4.71. The standard InChI is InChI=1S/C20H16BrF3N2O5/c21-18-13-9-17(31-19(27)28)30-15(13)3-2-14(18)26-7-5-12(6-8-26)29-16-4-1-11(10-25-16)20(22,23)24/h1-4,9-10,12H,5-8H2,(H,27,28). The molecular weight excluding hydrogens is 485 g/mol. The Balaban J connectivity index is 1.41. The minimum absolute atomic E-state index is 0.114. The second kappa shape index (κ2) is 8.29. The largest absolute Gasteiger partial charge is 0.513 e. The zero-order valence-electron chi connectivity index (χ0n) is 15.9. The molecule has 0 unspecified atom stereocenters. The molecule has 0 amide bonds. The summed E-state index contributed by atoms with van der Waals surface area (Å²) >= 11 is 3.55. The van der Waals surface area contributed by atoms with Gasteiger partial charge in [-0.05, 0) is 34.1 Å². The molecule has 1 aromatic carbocycles. The van der Waals surface area contributed by atoms with E-state index < -0.39 is 17.9 Å². The van der Waals surface area contributed by atoms with E-state index in [0.717, 1.165) is 22.4 Å². The monoisotopic (exact) mass is 500 g/mol. The number of hydrogen-bond acceptors (Lipinski definition) is 6. The van der Waals surface area contributed by atoms with Gasteiger partial charge in [-0.1, -0.05) is 0 Å². The van der Waals surface area contributed by atoms with Crippen molar-refractivity contribution in [2.45, 2.75) is 25.1 Å². The first-order chi connectivity index (χ1) is 14.7. The molecule has 0 spiro atoms. The summed E-state index contributed by atoms with van der Waals surface area (Å²) in [5.41, 5.74) is 0.575. The number of benzene rings is 1. The summed E-state index contributed by atoms with van der Waals surface area (Å²) < 4.78 is 54.3. The van der Waals surface area contributed by atoms with Crippen LogP contribution in [0.25, 0.3) is 11.0 Å². The Morgan fingerprint density at radius 2 is 1.97 bits per heavy atom. The number of aromatic nitrogens is 1. The molecule has 7 nitrogen and oxygen atoms in total. The average molecular weight is 501 g/mol. The van der Waals surface area contributed by atoms with E-state index in [9.17, 15) is 18.0 Å². The van der Waals surface area contributed by atoms with Gasteiger partial charge in [0.15, 0.2) is 0 Å². The molecule has 0 aliphatic carbocycles. The Hall–Kier alpha value is -2.95. The number of ether oxygens (including phenoxy) is 2. The Morgan fingerprint density at radius 3 is 2.58 bits per heavy atom. The van der Waals surface area contributed by atoms with Gasteiger partial charge < -0.3 is 23.9 Å². The third-order valence-corrected chi connectivity index (χ3v) is 5.75. The summed E-state index contributed by atoms with van der Waals surface area (Å²) in [4.78, 5) is 16.6. The van der Waals surface area contributed by atoms with Crippen molar-refractivity contribution < 1.29 is 37.0 Å². The Morgan fingerprint density at radius 1 is 1.23 bits per heavy atom. The highest BCUT2D eigenvalue weighted by atomic mass is 79.9. The van der Waals surface area contributed by atoms with E-state index in [4.69, 9.17) is 14.3 Å². The summed E-state index contributed by atoms with van der Waals surface area (Å²) in [7, 11) is 0. The van der Waals surface area contributed by atoms with Crippen LogP contribution in [0.2, 0.25) is 0 Å². The maximum absolute atomic E-state index is 12.6. The fourth-order valence-corrected chi connectivity index (χ4v) is 4.12. The van der Waals surface area contributed by atoms with E-state index in [1.54, 1.807) is 6.07 Å². The van der Waals surface area contributed by atoms with Crippen LogP contribution in [0.4, 0.5) is 23.7 Å². The minimum atomic E-state index is -4.43. The lowest BCUT2D eigenvalue weighted by molar-refractivity contribution is -0.137. The molecule has 11 heteroatoms. The van der Waals surface area contributed by atoms with Crippen molar-refractivity contribution >= 4 is 38.7 Å². The van der Waals surface area contributed by atoms with Crippen molar-refractivity contribution in [1.82, 2.24) is 4.98 Å². The normalized spacial score (nSPS) is 15.3. The third-order valence-electron chi connectivity index (χ3n) is 4.91. The van der Waals surface area contributed by atoms with Gasteiger partial charge in [-0.15, -0.1) is 0 Å². The summed E-state index contributed by atoms with van der Waals surface area (Å²) in [6.07, 6.45) is -3.96. The van der Waals surface area contributed by atoms with Gasteiger partial charge in [0.25, 0.3) is 5.95 Å². The lowest BCUT2D eigenvalue weighted by Gasteiger charge is -2.34. The van der Waals surface area contributed by atoms with Crippen molar-refractivity contribution in [1.29, 1.82) is 0 Å². The summed E-state index contributed by atoms with van der Waals surface area (Å²) in [6, 6.07) is 7.29. The number of carboxylic acid groups (broad SMARTS) is 1. The molecule has 0 bridgehead atoms. The molecule has 31 heavy (non-hydrogen) atoms. The van der Waals surface area contributed by atoms with Gasteiger partial charge in [-0.2, -0.15) is 13.2 Å². The zero-order chi connectivity index (χ0) is 22.2. The Kier molecular flexibility index (Phi) is 5.69. The van der Waals surface area contributed by atoms with Crippen LogP contribution in [0.5, 0.6) is 11.8 Å².